The summed E-state index contributed by atoms with van der Waals surface area (Å²) in [5, 5.41) is 0. The molecule has 4 nitrogen and oxygen atoms in total. The summed E-state index contributed by atoms with van der Waals surface area (Å²) in [7, 11) is -4.01. The Morgan fingerprint density at radius 2 is 1.60 bits per heavy atom. The number of nitrogen functional groups attached to an aromatic ring is 1. The van der Waals surface area contributed by atoms with E-state index < -0.39 is 20.7 Å². The van der Waals surface area contributed by atoms with Crippen molar-refractivity contribution in [3.05, 3.63) is 78.1 Å². The molecule has 0 heterocycles. The normalized spacial score (nSPS) is 11.3. The van der Waals surface area contributed by atoms with Crippen LogP contribution in [0.25, 0.3) is 11.1 Å². The van der Waals surface area contributed by atoms with Crippen LogP contribution in [0.1, 0.15) is 5.56 Å². The van der Waals surface area contributed by atoms with Crippen LogP contribution >= 0.6 is 0 Å². The third kappa shape index (κ3) is 3.80. The Bertz CT molecular complexity index is 1020. The Balaban J connectivity index is 1.93. The minimum atomic E-state index is -4.01. The number of aryl methyl sites for hydroxylation is 1. The van der Waals surface area contributed by atoms with Gasteiger partial charge in [0, 0.05) is 11.4 Å². The molecule has 0 bridgehead atoms. The van der Waals surface area contributed by atoms with Gasteiger partial charge >= 0.3 is 0 Å². The standard InChI is InChI=1S/C19H17FN2O2S/c1-13-3-2-4-17(11-13)22-25(23,24)19-10-7-15(12-18(19)20)14-5-8-16(21)9-6-14/h2-12,22H,21H2,1H3. The van der Waals surface area contributed by atoms with Crippen molar-refractivity contribution < 1.29 is 12.8 Å². The van der Waals surface area contributed by atoms with Gasteiger partial charge in [0.2, 0.25) is 0 Å². The molecule has 0 unspecified atom stereocenters. The maximum absolute atomic E-state index is 14.4. The average Bonchev–Trinajstić information content (AvgIpc) is 2.54. The molecule has 0 aliphatic heterocycles. The van der Waals surface area contributed by atoms with Crippen LogP contribution in [-0.2, 0) is 10.0 Å². The first-order chi connectivity index (χ1) is 11.8. The lowest BCUT2D eigenvalue weighted by molar-refractivity contribution is 0.570. The molecule has 128 valence electrons. The van der Waals surface area contributed by atoms with Crippen LogP contribution in [0.3, 0.4) is 0 Å². The summed E-state index contributed by atoms with van der Waals surface area (Å²) in [4.78, 5) is -0.395. The first kappa shape index (κ1) is 17.0. The van der Waals surface area contributed by atoms with E-state index in [0.29, 0.717) is 16.9 Å². The maximum atomic E-state index is 14.4. The molecule has 0 saturated heterocycles. The van der Waals surface area contributed by atoms with E-state index >= 15 is 0 Å². The summed E-state index contributed by atoms with van der Waals surface area (Å²) in [6.07, 6.45) is 0. The third-order valence-electron chi connectivity index (χ3n) is 3.74. The number of benzene rings is 3. The molecular formula is C19H17FN2O2S. The molecule has 25 heavy (non-hydrogen) atoms. The van der Waals surface area contributed by atoms with Crippen molar-refractivity contribution in [3.63, 3.8) is 0 Å². The molecule has 0 radical (unpaired) electrons. The number of nitrogens with two attached hydrogens (primary N) is 1. The van der Waals surface area contributed by atoms with Crippen molar-refractivity contribution in [1.29, 1.82) is 0 Å². The SMILES string of the molecule is Cc1cccc(NS(=O)(=O)c2ccc(-c3ccc(N)cc3)cc2F)c1. The van der Waals surface area contributed by atoms with Crippen molar-refractivity contribution in [2.45, 2.75) is 11.8 Å². The van der Waals surface area contributed by atoms with Crippen molar-refractivity contribution >= 4 is 21.4 Å². The van der Waals surface area contributed by atoms with Gasteiger partial charge in [-0.1, -0.05) is 30.3 Å². The monoisotopic (exact) mass is 356 g/mol. The van der Waals surface area contributed by atoms with Gasteiger partial charge in [0.05, 0.1) is 0 Å². The molecule has 0 spiro atoms. The number of anilines is 2. The van der Waals surface area contributed by atoms with Crippen LogP contribution in [0.5, 0.6) is 0 Å². The number of hydrogen-bond acceptors (Lipinski definition) is 3. The highest BCUT2D eigenvalue weighted by Gasteiger charge is 2.19. The largest absolute Gasteiger partial charge is 0.399 e. The fourth-order valence-corrected chi connectivity index (χ4v) is 3.60. The van der Waals surface area contributed by atoms with Gasteiger partial charge in [-0.05, 0) is 60.0 Å². The van der Waals surface area contributed by atoms with E-state index in [0.717, 1.165) is 11.1 Å². The van der Waals surface area contributed by atoms with E-state index in [9.17, 15) is 12.8 Å². The van der Waals surface area contributed by atoms with Crippen LogP contribution < -0.4 is 10.5 Å². The predicted molar refractivity (Wildman–Crippen MR) is 98.2 cm³/mol. The highest BCUT2D eigenvalue weighted by atomic mass is 32.2. The van der Waals surface area contributed by atoms with Crippen molar-refractivity contribution in [2.75, 3.05) is 10.5 Å². The molecule has 6 heteroatoms. The number of sulfonamides is 1. The molecule has 0 fully saturated rings. The molecule has 3 aromatic carbocycles. The lowest BCUT2D eigenvalue weighted by Crippen LogP contribution is -2.14. The fourth-order valence-electron chi connectivity index (χ4n) is 2.49. The number of halogens is 1. The zero-order valence-electron chi connectivity index (χ0n) is 13.5. The fraction of sp³-hybridized carbons (Fsp3) is 0.0526. The van der Waals surface area contributed by atoms with Gasteiger partial charge in [-0.3, -0.25) is 4.72 Å². The van der Waals surface area contributed by atoms with E-state index in [1.54, 1.807) is 48.5 Å². The number of rotatable bonds is 4. The molecule has 3 rings (SSSR count). The van der Waals surface area contributed by atoms with E-state index in [2.05, 4.69) is 4.72 Å². The highest BCUT2D eigenvalue weighted by Crippen LogP contribution is 2.26. The van der Waals surface area contributed by atoms with E-state index in [4.69, 9.17) is 5.73 Å². The Morgan fingerprint density at radius 1 is 0.920 bits per heavy atom. The smallest absolute Gasteiger partial charge is 0.264 e. The zero-order valence-corrected chi connectivity index (χ0v) is 14.3. The van der Waals surface area contributed by atoms with Gasteiger partial charge in [-0.25, -0.2) is 12.8 Å². The van der Waals surface area contributed by atoms with E-state index in [1.807, 2.05) is 13.0 Å². The molecular weight excluding hydrogens is 339 g/mol. The summed E-state index contributed by atoms with van der Waals surface area (Å²) < 4.78 is 41.8. The molecule has 0 aliphatic rings. The Morgan fingerprint density at radius 3 is 2.24 bits per heavy atom. The van der Waals surface area contributed by atoms with Gasteiger partial charge < -0.3 is 5.73 Å². The minimum absolute atomic E-state index is 0.391. The van der Waals surface area contributed by atoms with Crippen LogP contribution in [0.2, 0.25) is 0 Å². The third-order valence-corrected chi connectivity index (χ3v) is 5.15. The van der Waals surface area contributed by atoms with Crippen molar-refractivity contribution in [3.8, 4) is 11.1 Å². The lowest BCUT2D eigenvalue weighted by Gasteiger charge is -2.11. The van der Waals surface area contributed by atoms with Crippen molar-refractivity contribution in [1.82, 2.24) is 0 Å². The molecule has 3 aromatic rings. The van der Waals surface area contributed by atoms with Gasteiger partial charge in [0.1, 0.15) is 10.7 Å². The van der Waals surface area contributed by atoms with Gasteiger partial charge in [-0.2, -0.15) is 0 Å². The lowest BCUT2D eigenvalue weighted by atomic mass is 10.1. The van der Waals surface area contributed by atoms with Gasteiger partial charge in [0.15, 0.2) is 0 Å². The van der Waals surface area contributed by atoms with E-state index in [1.165, 1.54) is 12.1 Å². The molecule has 3 N–H and O–H groups in total. The molecule has 0 saturated carbocycles. The molecule has 0 amide bonds. The molecule has 0 aliphatic carbocycles. The summed E-state index contributed by atoms with van der Waals surface area (Å²) in [6, 6.07) is 17.8. The number of nitrogens with one attached hydrogen (secondary N) is 1. The van der Waals surface area contributed by atoms with Crippen molar-refractivity contribution in [2.24, 2.45) is 0 Å². The Labute approximate surface area is 146 Å². The summed E-state index contributed by atoms with van der Waals surface area (Å²) >= 11 is 0. The second kappa shape index (κ2) is 6.57. The Kier molecular flexibility index (Phi) is 4.46. The van der Waals surface area contributed by atoms with Gasteiger partial charge in [-0.15, -0.1) is 0 Å². The Hall–Kier alpha value is -2.86. The van der Waals surface area contributed by atoms with Crippen LogP contribution in [0.15, 0.2) is 71.6 Å². The number of hydrogen-bond donors (Lipinski definition) is 2. The maximum Gasteiger partial charge on any atom is 0.264 e. The summed E-state index contributed by atoms with van der Waals surface area (Å²) in [6.45, 7) is 1.85. The van der Waals surface area contributed by atoms with Crippen LogP contribution in [0, 0.1) is 12.7 Å². The topological polar surface area (TPSA) is 72.2 Å². The minimum Gasteiger partial charge on any atom is -0.399 e. The summed E-state index contributed by atoms with van der Waals surface area (Å²) in [5.41, 5.74) is 8.86. The zero-order chi connectivity index (χ0) is 18.0. The highest BCUT2D eigenvalue weighted by molar-refractivity contribution is 7.92. The van der Waals surface area contributed by atoms with Gasteiger partial charge in [0.25, 0.3) is 10.0 Å². The molecule has 0 aromatic heterocycles. The first-order valence-corrected chi connectivity index (χ1v) is 9.08. The summed E-state index contributed by atoms with van der Waals surface area (Å²) in [5.74, 6) is -0.811. The first-order valence-electron chi connectivity index (χ1n) is 7.60. The molecule has 0 atom stereocenters. The average molecular weight is 356 g/mol. The quantitative estimate of drug-likeness (QED) is 0.689. The second-order valence-corrected chi connectivity index (χ2v) is 7.39. The van der Waals surface area contributed by atoms with E-state index in [-0.39, 0.29) is 0 Å². The van der Waals surface area contributed by atoms with Crippen LogP contribution in [-0.4, -0.2) is 8.42 Å². The predicted octanol–water partition coefficient (Wildman–Crippen LogP) is 4.18. The second-order valence-electron chi connectivity index (χ2n) is 5.74. The van der Waals surface area contributed by atoms with Crippen LogP contribution in [0.4, 0.5) is 15.8 Å².